The molecule has 1 N–H and O–H groups in total. The quantitative estimate of drug-likeness (QED) is 0.775. The molecule has 1 unspecified atom stereocenters. The van der Waals surface area contributed by atoms with Gasteiger partial charge in [-0.3, -0.25) is 14.5 Å². The van der Waals surface area contributed by atoms with Gasteiger partial charge in [0, 0.05) is 12.5 Å². The summed E-state index contributed by atoms with van der Waals surface area (Å²) >= 11 is 0. The topological polar surface area (TPSA) is 49.4 Å². The lowest BCUT2D eigenvalue weighted by Gasteiger charge is -2.26. The average molecular weight is 226 g/mol. The van der Waals surface area contributed by atoms with Crippen LogP contribution in [0.2, 0.25) is 0 Å². The molecule has 1 aliphatic rings. The Kier molecular flexibility index (Phi) is 4.08. The lowest BCUT2D eigenvalue weighted by molar-refractivity contribution is -0.130. The van der Waals surface area contributed by atoms with Crippen molar-refractivity contribution in [1.29, 1.82) is 0 Å². The molecule has 1 saturated heterocycles. The summed E-state index contributed by atoms with van der Waals surface area (Å²) in [4.78, 5) is 25.5. The highest BCUT2D eigenvalue weighted by molar-refractivity contribution is 5.87. The van der Waals surface area contributed by atoms with Gasteiger partial charge in [0.05, 0.1) is 12.6 Å². The van der Waals surface area contributed by atoms with Crippen molar-refractivity contribution in [3.05, 3.63) is 0 Å². The zero-order valence-corrected chi connectivity index (χ0v) is 10.7. The Balaban J connectivity index is 2.60. The first-order chi connectivity index (χ1) is 7.36. The Bertz CT molecular complexity index is 281. The highest BCUT2D eigenvalue weighted by atomic mass is 16.2. The Morgan fingerprint density at radius 2 is 2.00 bits per heavy atom. The largest absolute Gasteiger partial charge is 0.358 e. The van der Waals surface area contributed by atoms with Gasteiger partial charge in [0.2, 0.25) is 5.91 Å². The molecule has 0 aromatic heterocycles. The molecule has 4 nitrogen and oxygen atoms in total. The molecule has 1 amide bonds. The van der Waals surface area contributed by atoms with E-state index in [4.69, 9.17) is 0 Å². The van der Waals surface area contributed by atoms with Crippen LogP contribution in [0.15, 0.2) is 0 Å². The van der Waals surface area contributed by atoms with Crippen LogP contribution in [0.25, 0.3) is 0 Å². The second-order valence-electron chi connectivity index (χ2n) is 5.42. The molecule has 1 fully saturated rings. The smallest absolute Gasteiger partial charge is 0.237 e. The minimum absolute atomic E-state index is 0.0270. The molecule has 4 heteroatoms. The molecule has 0 saturated carbocycles. The van der Waals surface area contributed by atoms with E-state index in [1.165, 1.54) is 0 Å². The molecule has 92 valence electrons. The summed E-state index contributed by atoms with van der Waals surface area (Å²) in [5.41, 5.74) is -0.324. The number of hydrogen-bond acceptors (Lipinski definition) is 3. The van der Waals surface area contributed by atoms with Gasteiger partial charge in [-0.15, -0.1) is 0 Å². The standard InChI is InChI=1S/C12H22N2O2/c1-12(2,3)10(15)8-14-7-5-6-9(14)11(16)13-4/h9H,5-8H2,1-4H3,(H,13,16). The third-order valence-corrected chi connectivity index (χ3v) is 3.10. The third kappa shape index (κ3) is 3.04. The van der Waals surface area contributed by atoms with E-state index in [0.717, 1.165) is 19.4 Å². The maximum Gasteiger partial charge on any atom is 0.237 e. The van der Waals surface area contributed by atoms with Gasteiger partial charge in [-0.1, -0.05) is 20.8 Å². The molecule has 0 aliphatic carbocycles. The monoisotopic (exact) mass is 226 g/mol. The molecule has 0 radical (unpaired) electrons. The molecule has 1 heterocycles. The van der Waals surface area contributed by atoms with E-state index in [9.17, 15) is 9.59 Å². The van der Waals surface area contributed by atoms with Crippen LogP contribution in [0.1, 0.15) is 33.6 Å². The summed E-state index contributed by atoms with van der Waals surface area (Å²) in [5.74, 6) is 0.225. The summed E-state index contributed by atoms with van der Waals surface area (Å²) in [6.45, 7) is 6.99. The fourth-order valence-corrected chi connectivity index (χ4v) is 1.90. The summed E-state index contributed by atoms with van der Waals surface area (Å²) in [5, 5.41) is 2.66. The van der Waals surface area contributed by atoms with Gasteiger partial charge in [0.25, 0.3) is 0 Å². The Morgan fingerprint density at radius 1 is 1.38 bits per heavy atom. The van der Waals surface area contributed by atoms with Gasteiger partial charge in [-0.05, 0) is 19.4 Å². The molecule has 1 atom stereocenters. The average Bonchev–Trinajstić information content (AvgIpc) is 2.63. The number of carbonyl (C=O) groups excluding carboxylic acids is 2. The highest BCUT2D eigenvalue weighted by Crippen LogP contribution is 2.21. The maximum atomic E-state index is 11.9. The molecule has 0 aromatic carbocycles. The fraction of sp³-hybridized carbons (Fsp3) is 0.833. The molecule has 0 aromatic rings. The second kappa shape index (κ2) is 4.95. The molecule has 0 bridgehead atoms. The van der Waals surface area contributed by atoms with Gasteiger partial charge in [0.15, 0.2) is 5.78 Å². The van der Waals surface area contributed by atoms with E-state index < -0.39 is 0 Å². The van der Waals surface area contributed by atoms with Crippen molar-refractivity contribution < 1.29 is 9.59 Å². The summed E-state index contributed by atoms with van der Waals surface area (Å²) in [7, 11) is 1.64. The van der Waals surface area contributed by atoms with Crippen LogP contribution in [-0.2, 0) is 9.59 Å². The normalized spacial score (nSPS) is 22.1. The summed E-state index contributed by atoms with van der Waals surface area (Å²) in [6, 6.07) is -0.115. The predicted molar refractivity (Wildman–Crippen MR) is 63.1 cm³/mol. The number of Topliss-reactive ketones (excluding diaryl/α,β-unsaturated/α-hetero) is 1. The van der Waals surface area contributed by atoms with Crippen molar-refractivity contribution in [1.82, 2.24) is 10.2 Å². The van der Waals surface area contributed by atoms with Crippen LogP contribution in [0, 0.1) is 5.41 Å². The van der Waals surface area contributed by atoms with Crippen LogP contribution in [0.3, 0.4) is 0 Å². The van der Waals surface area contributed by atoms with E-state index in [0.29, 0.717) is 6.54 Å². The molecular weight excluding hydrogens is 204 g/mol. The van der Waals surface area contributed by atoms with Crippen molar-refractivity contribution in [2.24, 2.45) is 5.41 Å². The fourth-order valence-electron chi connectivity index (χ4n) is 1.90. The third-order valence-electron chi connectivity index (χ3n) is 3.10. The minimum atomic E-state index is -0.324. The Hall–Kier alpha value is -0.900. The van der Waals surface area contributed by atoms with Crippen LogP contribution >= 0.6 is 0 Å². The number of likely N-dealkylation sites (N-methyl/N-ethyl adjacent to an activating group) is 1. The molecule has 0 spiro atoms. The Labute approximate surface area is 97.4 Å². The van der Waals surface area contributed by atoms with Gasteiger partial charge in [-0.25, -0.2) is 0 Å². The van der Waals surface area contributed by atoms with Crippen LogP contribution in [0.4, 0.5) is 0 Å². The molecule has 1 rings (SSSR count). The van der Waals surface area contributed by atoms with E-state index in [1.807, 2.05) is 25.7 Å². The van der Waals surface area contributed by atoms with Crippen molar-refractivity contribution in [3.63, 3.8) is 0 Å². The zero-order valence-electron chi connectivity index (χ0n) is 10.7. The maximum absolute atomic E-state index is 11.9. The Morgan fingerprint density at radius 3 is 2.50 bits per heavy atom. The van der Waals surface area contributed by atoms with Gasteiger partial charge < -0.3 is 5.32 Å². The summed E-state index contributed by atoms with van der Waals surface area (Å²) in [6.07, 6.45) is 1.85. The first-order valence-corrected chi connectivity index (χ1v) is 5.85. The number of ketones is 1. The SMILES string of the molecule is CNC(=O)C1CCCN1CC(=O)C(C)(C)C. The van der Waals surface area contributed by atoms with Crippen molar-refractivity contribution in [3.8, 4) is 0 Å². The van der Waals surface area contributed by atoms with E-state index >= 15 is 0 Å². The van der Waals surface area contributed by atoms with Crippen molar-refractivity contribution >= 4 is 11.7 Å². The molecular formula is C12H22N2O2. The molecule has 1 aliphatic heterocycles. The molecule has 16 heavy (non-hydrogen) atoms. The van der Waals surface area contributed by atoms with Crippen molar-refractivity contribution in [2.75, 3.05) is 20.1 Å². The van der Waals surface area contributed by atoms with Gasteiger partial charge >= 0.3 is 0 Å². The first kappa shape index (κ1) is 13.2. The lowest BCUT2D eigenvalue weighted by atomic mass is 9.90. The van der Waals surface area contributed by atoms with Crippen LogP contribution in [-0.4, -0.2) is 42.8 Å². The van der Waals surface area contributed by atoms with Crippen molar-refractivity contribution in [2.45, 2.75) is 39.7 Å². The van der Waals surface area contributed by atoms with Crippen LogP contribution < -0.4 is 5.32 Å². The van der Waals surface area contributed by atoms with E-state index in [-0.39, 0.29) is 23.1 Å². The number of amides is 1. The first-order valence-electron chi connectivity index (χ1n) is 5.85. The minimum Gasteiger partial charge on any atom is -0.358 e. The number of rotatable bonds is 3. The predicted octanol–water partition coefficient (Wildman–Crippen LogP) is 0.812. The van der Waals surface area contributed by atoms with Gasteiger partial charge in [0.1, 0.15) is 0 Å². The second-order valence-corrected chi connectivity index (χ2v) is 5.42. The number of carbonyl (C=O) groups is 2. The summed E-state index contributed by atoms with van der Waals surface area (Å²) < 4.78 is 0. The lowest BCUT2D eigenvalue weighted by Crippen LogP contribution is -2.45. The number of nitrogens with zero attached hydrogens (tertiary/aromatic N) is 1. The van der Waals surface area contributed by atoms with Gasteiger partial charge in [-0.2, -0.15) is 0 Å². The van der Waals surface area contributed by atoms with E-state index in [1.54, 1.807) is 7.05 Å². The van der Waals surface area contributed by atoms with Crippen LogP contribution in [0.5, 0.6) is 0 Å². The highest BCUT2D eigenvalue weighted by Gasteiger charge is 2.33. The number of hydrogen-bond donors (Lipinski definition) is 1. The number of likely N-dealkylation sites (tertiary alicyclic amines) is 1. The zero-order chi connectivity index (χ0) is 12.3. The van der Waals surface area contributed by atoms with E-state index in [2.05, 4.69) is 5.32 Å². The number of nitrogens with one attached hydrogen (secondary N) is 1.